The van der Waals surface area contributed by atoms with Gasteiger partial charge in [-0.15, -0.1) is 0 Å². The van der Waals surface area contributed by atoms with Gasteiger partial charge in [-0.2, -0.15) is 5.10 Å². The van der Waals surface area contributed by atoms with Crippen molar-refractivity contribution in [2.75, 3.05) is 20.3 Å². The van der Waals surface area contributed by atoms with Crippen molar-refractivity contribution in [1.82, 2.24) is 15.1 Å². The van der Waals surface area contributed by atoms with Gasteiger partial charge in [0.2, 0.25) is 0 Å². The molecule has 0 bridgehead atoms. The molecule has 180 valence electrons. The van der Waals surface area contributed by atoms with Crippen LogP contribution in [0.2, 0.25) is 0 Å². The number of nitrogens with one attached hydrogen (secondary N) is 1. The fourth-order valence-electron chi connectivity index (χ4n) is 4.58. The molecule has 7 nitrogen and oxygen atoms in total. The number of benzene rings is 2. The zero-order chi connectivity index (χ0) is 24.1. The topological polar surface area (TPSA) is 87.7 Å². The Hall–Kier alpha value is -3.48. The number of aromatic nitrogens is 2. The van der Waals surface area contributed by atoms with Crippen LogP contribution in [0.5, 0.6) is 17.2 Å². The Morgan fingerprint density at radius 1 is 1.06 bits per heavy atom. The van der Waals surface area contributed by atoms with Crippen LogP contribution in [0, 0.1) is 0 Å². The summed E-state index contributed by atoms with van der Waals surface area (Å²) in [5, 5.41) is 17.8. The maximum Gasteiger partial charge on any atom is 0.273 e. The average Bonchev–Trinajstić information content (AvgIpc) is 3.39. The Morgan fingerprint density at radius 2 is 1.88 bits per heavy atom. The largest absolute Gasteiger partial charge is 0.507 e. The van der Waals surface area contributed by atoms with E-state index >= 15 is 0 Å². The molecule has 7 heteroatoms. The normalized spacial score (nSPS) is 15.0. The minimum atomic E-state index is -0.344. The number of fused-ring (bicyclic) bond motifs is 1. The third-order valence-electron chi connectivity index (χ3n) is 6.25. The van der Waals surface area contributed by atoms with E-state index in [-0.39, 0.29) is 17.7 Å². The molecule has 0 fully saturated rings. The van der Waals surface area contributed by atoms with Crippen LogP contribution in [-0.4, -0.2) is 46.4 Å². The molecule has 1 atom stereocenters. The lowest BCUT2D eigenvalue weighted by Gasteiger charge is -2.26. The van der Waals surface area contributed by atoms with Crippen molar-refractivity contribution in [1.29, 1.82) is 0 Å². The van der Waals surface area contributed by atoms with Crippen molar-refractivity contribution in [3.8, 4) is 28.5 Å². The van der Waals surface area contributed by atoms with Gasteiger partial charge in [-0.3, -0.25) is 9.89 Å². The van der Waals surface area contributed by atoms with Crippen LogP contribution in [-0.2, 0) is 0 Å². The van der Waals surface area contributed by atoms with Crippen molar-refractivity contribution in [3.05, 3.63) is 59.3 Å². The van der Waals surface area contributed by atoms with E-state index in [9.17, 15) is 9.90 Å². The van der Waals surface area contributed by atoms with Crippen LogP contribution in [0.3, 0.4) is 0 Å². The Labute approximate surface area is 200 Å². The number of H-pyrrole nitrogens is 1. The molecule has 0 spiro atoms. The zero-order valence-electron chi connectivity index (χ0n) is 20.1. The van der Waals surface area contributed by atoms with Gasteiger partial charge in [0, 0.05) is 17.7 Å². The maximum absolute atomic E-state index is 13.3. The second-order valence-corrected chi connectivity index (χ2v) is 8.60. The number of aromatic amines is 1. The van der Waals surface area contributed by atoms with Gasteiger partial charge < -0.3 is 19.5 Å². The summed E-state index contributed by atoms with van der Waals surface area (Å²) in [6, 6.07) is 12.6. The number of carbonyl (C=O) groups excluding carboxylic acids is 1. The lowest BCUT2D eigenvalue weighted by molar-refractivity contribution is 0.0743. The highest BCUT2D eigenvalue weighted by atomic mass is 16.5. The number of phenols is 1. The van der Waals surface area contributed by atoms with E-state index in [1.165, 1.54) is 12.8 Å². The van der Waals surface area contributed by atoms with E-state index in [2.05, 4.69) is 24.0 Å². The fraction of sp³-hybridized carbons (Fsp3) is 0.407. The molecule has 0 radical (unpaired) electrons. The summed E-state index contributed by atoms with van der Waals surface area (Å²) < 4.78 is 11.7. The third-order valence-corrected chi connectivity index (χ3v) is 6.25. The Kier molecular flexibility index (Phi) is 7.40. The van der Waals surface area contributed by atoms with Gasteiger partial charge in [-0.25, -0.2) is 0 Å². The van der Waals surface area contributed by atoms with Crippen LogP contribution in [0.15, 0.2) is 42.5 Å². The molecule has 2 aromatic carbocycles. The van der Waals surface area contributed by atoms with Crippen molar-refractivity contribution in [3.63, 3.8) is 0 Å². The molecule has 1 aliphatic heterocycles. The number of methoxy groups -OCH3 is 1. The maximum atomic E-state index is 13.3. The van der Waals surface area contributed by atoms with Gasteiger partial charge in [-0.1, -0.05) is 51.3 Å². The number of unbranched alkanes of at least 4 members (excludes halogenated alkanes) is 3. The number of hydrogen-bond acceptors (Lipinski definition) is 5. The summed E-state index contributed by atoms with van der Waals surface area (Å²) in [7, 11) is 1.63. The molecule has 0 saturated carbocycles. The summed E-state index contributed by atoms with van der Waals surface area (Å²) in [5.74, 6) is 1.37. The van der Waals surface area contributed by atoms with Crippen molar-refractivity contribution < 1.29 is 19.4 Å². The van der Waals surface area contributed by atoms with Crippen LogP contribution < -0.4 is 9.47 Å². The molecule has 2 heterocycles. The number of hydrogen-bond donors (Lipinski definition) is 2. The zero-order valence-corrected chi connectivity index (χ0v) is 20.1. The summed E-state index contributed by atoms with van der Waals surface area (Å²) in [4.78, 5) is 15.1. The first kappa shape index (κ1) is 23.7. The number of phenolic OH excluding ortho intramolecular Hbond substituents is 1. The molecule has 4 rings (SSSR count). The second-order valence-electron chi connectivity index (χ2n) is 8.60. The predicted molar refractivity (Wildman–Crippen MR) is 131 cm³/mol. The Balaban J connectivity index is 1.71. The molecule has 3 aromatic rings. The molecule has 1 aliphatic rings. The van der Waals surface area contributed by atoms with E-state index in [0.29, 0.717) is 41.6 Å². The van der Waals surface area contributed by atoms with Gasteiger partial charge in [-0.05, 0) is 42.7 Å². The molecule has 1 amide bonds. The highest BCUT2D eigenvalue weighted by Gasteiger charge is 2.42. The van der Waals surface area contributed by atoms with Crippen molar-refractivity contribution in [2.24, 2.45) is 0 Å². The quantitative estimate of drug-likeness (QED) is 0.356. The van der Waals surface area contributed by atoms with Crippen LogP contribution in [0.1, 0.15) is 73.6 Å². The van der Waals surface area contributed by atoms with Crippen molar-refractivity contribution >= 4 is 5.91 Å². The molecule has 2 N–H and O–H groups in total. The lowest BCUT2D eigenvalue weighted by atomic mass is 9.95. The number of ether oxygens (including phenoxy) is 2. The average molecular weight is 464 g/mol. The highest BCUT2D eigenvalue weighted by molar-refractivity contribution is 6.00. The molecule has 1 aromatic heterocycles. The Bertz CT molecular complexity index is 1140. The van der Waals surface area contributed by atoms with Gasteiger partial charge >= 0.3 is 0 Å². The first-order valence-corrected chi connectivity index (χ1v) is 12.1. The lowest BCUT2D eigenvalue weighted by Crippen LogP contribution is -2.30. The van der Waals surface area contributed by atoms with E-state index in [0.717, 1.165) is 30.4 Å². The standard InChI is InChI=1S/C27H33N3O4/c1-4-6-7-10-16-34-21-14-13-18(17-22(21)33-3)26-23-24(19-11-8-9-12-20(19)31)28-29-25(23)27(32)30(26)15-5-2/h8-9,11-14,17,26,31H,4-7,10,15-16H2,1-3H3,(H,28,29). The summed E-state index contributed by atoms with van der Waals surface area (Å²) in [6.07, 6.45) is 5.36. The number of rotatable bonds is 11. The molecule has 0 aliphatic carbocycles. The highest BCUT2D eigenvalue weighted by Crippen LogP contribution is 2.45. The first-order chi connectivity index (χ1) is 16.6. The third kappa shape index (κ3) is 4.47. The summed E-state index contributed by atoms with van der Waals surface area (Å²) in [5.41, 5.74) is 3.33. The molecule has 0 saturated heterocycles. The minimum absolute atomic E-state index is 0.0914. The van der Waals surface area contributed by atoms with Crippen LogP contribution in [0.4, 0.5) is 0 Å². The van der Waals surface area contributed by atoms with E-state index in [4.69, 9.17) is 9.47 Å². The van der Waals surface area contributed by atoms with E-state index in [1.54, 1.807) is 19.2 Å². The Morgan fingerprint density at radius 3 is 2.62 bits per heavy atom. The smallest absolute Gasteiger partial charge is 0.273 e. The van der Waals surface area contributed by atoms with Gasteiger partial charge in [0.05, 0.1) is 19.8 Å². The second kappa shape index (κ2) is 10.6. The molecule has 34 heavy (non-hydrogen) atoms. The van der Waals surface area contributed by atoms with Gasteiger partial charge in [0.25, 0.3) is 5.91 Å². The number of aromatic hydroxyl groups is 1. The fourth-order valence-corrected chi connectivity index (χ4v) is 4.58. The minimum Gasteiger partial charge on any atom is -0.507 e. The van der Waals surface area contributed by atoms with E-state index in [1.807, 2.05) is 35.2 Å². The predicted octanol–water partition coefficient (Wildman–Crippen LogP) is 5.71. The van der Waals surface area contributed by atoms with Crippen LogP contribution in [0.25, 0.3) is 11.3 Å². The van der Waals surface area contributed by atoms with Crippen LogP contribution >= 0.6 is 0 Å². The first-order valence-electron chi connectivity index (χ1n) is 12.1. The molecular weight excluding hydrogens is 430 g/mol. The monoisotopic (exact) mass is 463 g/mol. The summed E-state index contributed by atoms with van der Waals surface area (Å²) >= 11 is 0. The van der Waals surface area contributed by atoms with Gasteiger partial charge in [0.15, 0.2) is 11.5 Å². The molecular formula is C27H33N3O4. The number of nitrogens with zero attached hydrogens (tertiary/aromatic N) is 2. The van der Waals surface area contributed by atoms with Crippen molar-refractivity contribution in [2.45, 2.75) is 52.0 Å². The van der Waals surface area contributed by atoms with Gasteiger partial charge in [0.1, 0.15) is 17.1 Å². The summed E-state index contributed by atoms with van der Waals surface area (Å²) in [6.45, 7) is 5.48. The SMILES string of the molecule is CCCCCCOc1ccc(C2c3c(-c4ccccc4O)n[nH]c3C(=O)N2CCC)cc1OC. The number of carbonyl (C=O) groups is 1. The van der Waals surface area contributed by atoms with E-state index < -0.39 is 0 Å². The number of amides is 1. The molecule has 1 unspecified atom stereocenters. The number of para-hydroxylation sites is 1.